The summed E-state index contributed by atoms with van der Waals surface area (Å²) < 4.78 is 16.6. The van der Waals surface area contributed by atoms with Crippen LogP contribution in [0.25, 0.3) is 22.4 Å². The van der Waals surface area contributed by atoms with Crippen LogP contribution in [-0.2, 0) is 14.9 Å². The molecule has 0 amide bonds. The average molecular weight is 463 g/mol. The smallest absolute Gasteiger partial charge is 0.395 e. The monoisotopic (exact) mass is 462 g/mol. The SMILES string of the molecule is OC[C@H]1OC[C@H](Oc2[nH]c3cc(Cl)c(-c4ccc(C5(CO)COC5)cc4)nc3[nH+]2)C[C@@H]1O. The molecular weight excluding hydrogens is 438 g/mol. The van der Waals surface area contributed by atoms with Crippen LogP contribution in [0.15, 0.2) is 30.3 Å². The number of H-pyrrole nitrogens is 2. The summed E-state index contributed by atoms with van der Waals surface area (Å²) in [5.41, 5.74) is 3.43. The predicted octanol–water partition coefficient (Wildman–Crippen LogP) is 0.847. The van der Waals surface area contributed by atoms with E-state index in [1.165, 1.54) is 0 Å². The molecule has 170 valence electrons. The average Bonchev–Trinajstić information content (AvgIpc) is 3.14. The van der Waals surface area contributed by atoms with Crippen molar-refractivity contribution in [3.63, 3.8) is 0 Å². The van der Waals surface area contributed by atoms with Crippen LogP contribution < -0.4 is 9.72 Å². The Balaban J connectivity index is 1.36. The summed E-state index contributed by atoms with van der Waals surface area (Å²) in [4.78, 5) is 10.9. The summed E-state index contributed by atoms with van der Waals surface area (Å²) in [7, 11) is 0. The number of aromatic nitrogens is 3. The molecule has 2 fully saturated rings. The summed E-state index contributed by atoms with van der Waals surface area (Å²) in [6.07, 6.45) is -1.39. The second-order valence-electron chi connectivity index (χ2n) is 8.40. The molecule has 3 atom stereocenters. The Hall–Kier alpha value is -2.27. The number of ether oxygens (including phenoxy) is 3. The van der Waals surface area contributed by atoms with Crippen LogP contribution in [0.4, 0.5) is 0 Å². The molecule has 0 aliphatic carbocycles. The molecule has 10 heteroatoms. The van der Waals surface area contributed by atoms with Crippen molar-refractivity contribution in [2.75, 3.05) is 33.0 Å². The molecule has 0 bridgehead atoms. The first-order valence-corrected chi connectivity index (χ1v) is 10.9. The molecule has 0 spiro atoms. The van der Waals surface area contributed by atoms with Gasteiger partial charge in [-0.25, -0.2) is 9.97 Å². The third-order valence-electron chi connectivity index (χ3n) is 6.18. The van der Waals surface area contributed by atoms with E-state index in [9.17, 15) is 15.3 Å². The van der Waals surface area contributed by atoms with Gasteiger partial charge in [0.15, 0.2) is 11.2 Å². The first-order chi connectivity index (χ1) is 15.5. The lowest BCUT2D eigenvalue weighted by Crippen LogP contribution is -2.49. The zero-order valence-corrected chi connectivity index (χ0v) is 18.0. The van der Waals surface area contributed by atoms with Gasteiger partial charge < -0.3 is 29.5 Å². The number of halogens is 1. The number of nitrogens with one attached hydrogen (secondary N) is 2. The van der Waals surface area contributed by atoms with Crippen molar-refractivity contribution in [2.24, 2.45) is 0 Å². The number of benzene rings is 1. The molecular formula is C22H25ClN3O6+. The summed E-state index contributed by atoms with van der Waals surface area (Å²) in [5, 5.41) is 29.4. The van der Waals surface area contributed by atoms with Crippen molar-refractivity contribution in [3.05, 3.63) is 40.9 Å². The van der Waals surface area contributed by atoms with Crippen LogP contribution in [0, 0.1) is 0 Å². The third kappa shape index (κ3) is 3.85. The molecule has 9 nitrogen and oxygen atoms in total. The number of hydrogen-bond acceptors (Lipinski definition) is 7. The first-order valence-electron chi connectivity index (χ1n) is 10.5. The molecule has 0 unspecified atom stereocenters. The second-order valence-corrected chi connectivity index (χ2v) is 8.81. The van der Waals surface area contributed by atoms with Gasteiger partial charge in [0.1, 0.15) is 12.2 Å². The fourth-order valence-electron chi connectivity index (χ4n) is 4.14. The first kappa shape index (κ1) is 21.6. The van der Waals surface area contributed by atoms with Crippen LogP contribution in [0.3, 0.4) is 0 Å². The van der Waals surface area contributed by atoms with E-state index in [0.717, 1.165) is 11.1 Å². The molecule has 2 saturated heterocycles. The normalized spacial score (nSPS) is 24.9. The van der Waals surface area contributed by atoms with Crippen molar-refractivity contribution in [2.45, 2.75) is 30.1 Å². The van der Waals surface area contributed by atoms with E-state index in [2.05, 4.69) is 15.0 Å². The maximum atomic E-state index is 10.0. The van der Waals surface area contributed by atoms with Crippen LogP contribution in [-0.4, -0.2) is 76.6 Å². The molecule has 2 aliphatic heterocycles. The zero-order chi connectivity index (χ0) is 22.3. The van der Waals surface area contributed by atoms with Crippen molar-refractivity contribution in [1.82, 2.24) is 9.97 Å². The van der Waals surface area contributed by atoms with Gasteiger partial charge in [0.05, 0.1) is 49.6 Å². The van der Waals surface area contributed by atoms with Gasteiger partial charge in [0.2, 0.25) is 0 Å². The van der Waals surface area contributed by atoms with E-state index in [1.807, 2.05) is 24.3 Å². The molecule has 0 saturated carbocycles. The van der Waals surface area contributed by atoms with Gasteiger partial charge in [-0.15, -0.1) is 0 Å². The molecule has 3 aromatic rings. The molecule has 5 N–H and O–H groups in total. The van der Waals surface area contributed by atoms with Crippen LogP contribution in [0.2, 0.25) is 5.02 Å². The van der Waals surface area contributed by atoms with Gasteiger partial charge in [-0.1, -0.05) is 40.9 Å². The minimum absolute atomic E-state index is 0.0438. The lowest BCUT2D eigenvalue weighted by atomic mass is 9.79. The number of imidazole rings is 1. The highest BCUT2D eigenvalue weighted by molar-refractivity contribution is 6.33. The molecule has 1 aromatic carbocycles. The molecule has 5 rings (SSSR count). The zero-order valence-electron chi connectivity index (χ0n) is 17.3. The van der Waals surface area contributed by atoms with Crippen molar-refractivity contribution in [1.29, 1.82) is 0 Å². The van der Waals surface area contributed by atoms with Gasteiger partial charge >= 0.3 is 11.7 Å². The number of fused-ring (bicyclic) bond motifs is 1. The minimum atomic E-state index is -0.790. The molecule has 0 radical (unpaired) electrons. The van der Waals surface area contributed by atoms with Crippen LogP contribution >= 0.6 is 11.6 Å². The topological polar surface area (TPSA) is 131 Å². The Morgan fingerprint density at radius 3 is 2.66 bits per heavy atom. The van der Waals surface area contributed by atoms with E-state index in [1.54, 1.807) is 6.07 Å². The Bertz CT molecular complexity index is 1100. The Labute approximate surface area is 188 Å². The summed E-state index contributed by atoms with van der Waals surface area (Å²) >= 11 is 6.51. The maximum Gasteiger partial charge on any atom is 0.395 e. The fraction of sp³-hybridized carbons (Fsp3) is 0.455. The highest BCUT2D eigenvalue weighted by atomic mass is 35.5. The fourth-order valence-corrected chi connectivity index (χ4v) is 4.40. The van der Waals surface area contributed by atoms with Crippen LogP contribution in [0.5, 0.6) is 6.01 Å². The number of nitrogens with zero attached hydrogens (tertiary/aromatic N) is 1. The van der Waals surface area contributed by atoms with E-state index in [4.69, 9.17) is 25.8 Å². The Morgan fingerprint density at radius 2 is 2.03 bits per heavy atom. The standard InChI is InChI=1S/C22H24ClN3O6/c23-15-6-16-20(26-21(24-16)32-14-5-17(29)18(7-27)31-8-14)25-19(15)12-1-3-13(4-2-12)22(9-28)10-30-11-22/h1-4,6,14,17-18,27-29H,5,7-11H2,(H,24,25,26)/p+1/t14-,17+,18-/m1/s1. The van der Waals surface area contributed by atoms with E-state index >= 15 is 0 Å². The van der Waals surface area contributed by atoms with E-state index < -0.39 is 12.2 Å². The van der Waals surface area contributed by atoms with Crippen LogP contribution in [0.1, 0.15) is 12.0 Å². The van der Waals surface area contributed by atoms with Crippen molar-refractivity contribution >= 4 is 22.8 Å². The predicted molar refractivity (Wildman–Crippen MR) is 115 cm³/mol. The number of aliphatic hydroxyl groups is 3. The van der Waals surface area contributed by atoms with Crippen molar-refractivity contribution in [3.8, 4) is 17.3 Å². The quantitative estimate of drug-likeness (QED) is 0.427. The Kier molecular flexibility index (Phi) is 5.79. The lowest BCUT2D eigenvalue weighted by Gasteiger charge is -2.40. The molecule has 2 aliphatic rings. The van der Waals surface area contributed by atoms with E-state index in [-0.39, 0.29) is 31.3 Å². The summed E-state index contributed by atoms with van der Waals surface area (Å²) in [6.45, 7) is 1.10. The summed E-state index contributed by atoms with van der Waals surface area (Å²) in [5.74, 6) is 0. The highest BCUT2D eigenvalue weighted by Crippen LogP contribution is 2.34. The number of aliphatic hydroxyl groups excluding tert-OH is 3. The molecule has 2 aromatic heterocycles. The van der Waals surface area contributed by atoms with Gasteiger partial charge in [-0.2, -0.15) is 0 Å². The van der Waals surface area contributed by atoms with Gasteiger partial charge in [-0.3, -0.25) is 0 Å². The highest BCUT2D eigenvalue weighted by Gasteiger charge is 2.39. The minimum Gasteiger partial charge on any atom is -0.437 e. The number of aromatic amines is 2. The number of rotatable bonds is 6. The van der Waals surface area contributed by atoms with Gasteiger partial charge in [0, 0.05) is 18.1 Å². The van der Waals surface area contributed by atoms with Gasteiger partial charge in [-0.05, 0) is 5.56 Å². The largest absolute Gasteiger partial charge is 0.437 e. The molecule has 32 heavy (non-hydrogen) atoms. The van der Waals surface area contributed by atoms with Crippen molar-refractivity contribution < 1.29 is 34.5 Å². The maximum absolute atomic E-state index is 10.0. The number of pyridine rings is 1. The summed E-state index contributed by atoms with van der Waals surface area (Å²) in [6, 6.07) is 9.98. The lowest BCUT2D eigenvalue weighted by molar-refractivity contribution is -0.370. The Morgan fingerprint density at radius 1 is 1.25 bits per heavy atom. The third-order valence-corrected chi connectivity index (χ3v) is 6.47. The van der Waals surface area contributed by atoms with Gasteiger partial charge in [0.25, 0.3) is 0 Å². The molecule has 4 heterocycles. The van der Waals surface area contributed by atoms with E-state index in [0.29, 0.717) is 47.5 Å². The second kappa shape index (κ2) is 8.58. The number of hydrogen-bond donors (Lipinski definition) is 4.